The Morgan fingerprint density at radius 1 is 1.42 bits per heavy atom. The van der Waals surface area contributed by atoms with E-state index in [1.54, 1.807) is 13.8 Å². The van der Waals surface area contributed by atoms with Crippen molar-refractivity contribution >= 4 is 5.97 Å². The van der Waals surface area contributed by atoms with Crippen LogP contribution in [0.3, 0.4) is 0 Å². The van der Waals surface area contributed by atoms with Gasteiger partial charge in [0.2, 0.25) is 0 Å². The maximum atomic E-state index is 10.5. The van der Waals surface area contributed by atoms with Crippen molar-refractivity contribution in [3.05, 3.63) is 0 Å². The molecule has 12 heavy (non-hydrogen) atoms. The molecule has 4 heteroatoms. The van der Waals surface area contributed by atoms with Crippen molar-refractivity contribution in [1.82, 2.24) is 0 Å². The van der Waals surface area contributed by atoms with E-state index in [4.69, 9.17) is 0 Å². The first-order valence-corrected chi connectivity index (χ1v) is 3.69. The fraction of sp³-hybridized carbons (Fsp3) is 0.875. The minimum atomic E-state index is -1.21. The minimum absolute atomic E-state index is 0. The van der Waals surface area contributed by atoms with Crippen molar-refractivity contribution in [3.63, 3.8) is 0 Å². The number of carbonyl (C=O) groups is 1. The molecular weight excluding hydrogens is 167 g/mol. The Bertz CT molecular complexity index is 154. The zero-order chi connectivity index (χ0) is 9.23. The fourth-order valence-corrected chi connectivity index (χ4v) is 0.954. The molecule has 0 aliphatic rings. The smallest absolute Gasteiger partial charge is 0.549 e. The molecule has 0 aromatic heterocycles. The van der Waals surface area contributed by atoms with Gasteiger partial charge in [-0.1, -0.05) is 27.7 Å². The van der Waals surface area contributed by atoms with Gasteiger partial charge in [0.05, 0.1) is 6.10 Å². The van der Waals surface area contributed by atoms with Gasteiger partial charge < -0.3 is 15.0 Å². The van der Waals surface area contributed by atoms with Crippen molar-refractivity contribution in [2.75, 3.05) is 0 Å². The second-order valence-electron chi connectivity index (χ2n) is 3.70. The van der Waals surface area contributed by atoms with Crippen LogP contribution < -0.4 is 34.7 Å². The van der Waals surface area contributed by atoms with Crippen molar-refractivity contribution in [3.8, 4) is 0 Å². The number of hydrogen-bond donors (Lipinski definition) is 1. The van der Waals surface area contributed by atoms with E-state index in [0.29, 0.717) is 0 Å². The summed E-state index contributed by atoms with van der Waals surface area (Å²) in [6, 6.07) is 0. The summed E-state index contributed by atoms with van der Waals surface area (Å²) in [5, 5.41) is 19.9. The summed E-state index contributed by atoms with van der Waals surface area (Å²) in [4.78, 5) is 10.5. The van der Waals surface area contributed by atoms with Crippen LogP contribution in [-0.4, -0.2) is 17.2 Å². The molecule has 0 aliphatic heterocycles. The van der Waals surface area contributed by atoms with E-state index < -0.39 is 17.5 Å². The van der Waals surface area contributed by atoms with E-state index in [1.807, 2.05) is 0 Å². The van der Waals surface area contributed by atoms with Crippen LogP contribution in [0.15, 0.2) is 0 Å². The van der Waals surface area contributed by atoms with Crippen LogP contribution in [0.25, 0.3) is 0 Å². The molecule has 0 fully saturated rings. The van der Waals surface area contributed by atoms with Gasteiger partial charge in [0.25, 0.3) is 0 Å². The summed E-state index contributed by atoms with van der Waals surface area (Å²) in [5.41, 5.74) is -1.16. The molecule has 0 spiro atoms. The van der Waals surface area contributed by atoms with E-state index >= 15 is 0 Å². The van der Waals surface area contributed by atoms with Crippen LogP contribution in [0.1, 0.15) is 27.7 Å². The molecule has 0 aromatic carbocycles. The summed E-state index contributed by atoms with van der Waals surface area (Å²) < 4.78 is 0. The van der Waals surface area contributed by atoms with Crippen molar-refractivity contribution in [1.29, 1.82) is 0 Å². The first-order valence-electron chi connectivity index (χ1n) is 3.69. The fourth-order valence-electron chi connectivity index (χ4n) is 0.954. The summed E-state index contributed by atoms with van der Waals surface area (Å²) >= 11 is 0. The minimum Gasteiger partial charge on any atom is -0.549 e. The Hall–Kier alpha value is 0.430. The summed E-state index contributed by atoms with van der Waals surface area (Å²) in [5.74, 6) is -1.28. The maximum absolute atomic E-state index is 10.5. The quantitative estimate of drug-likeness (QED) is 0.467. The van der Waals surface area contributed by atoms with Crippen LogP contribution in [-0.2, 0) is 4.79 Å². The number of carboxylic acid groups (broad SMARTS) is 1. The topological polar surface area (TPSA) is 60.4 Å². The molecule has 0 aliphatic carbocycles. The standard InChI is InChI=1S/C8H16O3.Na/c1-5(2)6(9)8(3,4)7(10)11;/h5-6,9H,1-4H3,(H,10,11);/q;+1/p-1. The van der Waals surface area contributed by atoms with E-state index in [-0.39, 0.29) is 35.5 Å². The van der Waals surface area contributed by atoms with Gasteiger partial charge in [0.15, 0.2) is 0 Å². The Labute approximate surface area is 95.5 Å². The molecule has 3 nitrogen and oxygen atoms in total. The van der Waals surface area contributed by atoms with Gasteiger partial charge in [-0.2, -0.15) is 0 Å². The molecule has 0 aromatic rings. The van der Waals surface area contributed by atoms with Gasteiger partial charge in [-0.25, -0.2) is 0 Å². The molecule has 1 atom stereocenters. The second-order valence-corrected chi connectivity index (χ2v) is 3.70. The molecule has 0 rings (SSSR count). The van der Waals surface area contributed by atoms with Crippen LogP contribution in [0, 0.1) is 11.3 Å². The molecule has 1 N–H and O–H groups in total. The molecular formula is C8H15NaO3. The Morgan fingerprint density at radius 2 is 1.75 bits per heavy atom. The molecule has 0 amide bonds. The number of carboxylic acids is 1. The van der Waals surface area contributed by atoms with Gasteiger partial charge in [-0.15, -0.1) is 0 Å². The summed E-state index contributed by atoms with van der Waals surface area (Å²) in [7, 11) is 0. The Kier molecular flexibility index (Phi) is 6.50. The van der Waals surface area contributed by atoms with Crippen molar-refractivity contribution in [2.24, 2.45) is 11.3 Å². The average molecular weight is 182 g/mol. The van der Waals surface area contributed by atoms with Crippen LogP contribution >= 0.6 is 0 Å². The molecule has 0 heterocycles. The summed E-state index contributed by atoms with van der Waals surface area (Å²) in [6.07, 6.45) is -0.854. The third kappa shape index (κ3) is 3.44. The van der Waals surface area contributed by atoms with Crippen LogP contribution in [0.4, 0.5) is 0 Å². The van der Waals surface area contributed by atoms with Crippen LogP contribution in [0.2, 0.25) is 0 Å². The predicted octanol–water partition coefficient (Wildman–Crippen LogP) is -3.22. The predicted molar refractivity (Wildman–Crippen MR) is 39.6 cm³/mol. The largest absolute Gasteiger partial charge is 1.00 e. The Morgan fingerprint density at radius 3 is 1.83 bits per heavy atom. The second kappa shape index (κ2) is 5.22. The SMILES string of the molecule is CC(C)C(O)C(C)(C)C(=O)[O-].[Na+]. The third-order valence-electron chi connectivity index (χ3n) is 1.90. The molecule has 66 valence electrons. The number of hydrogen-bond acceptors (Lipinski definition) is 3. The zero-order valence-corrected chi connectivity index (χ0v) is 10.4. The molecule has 1 unspecified atom stereocenters. The number of aliphatic carboxylic acids is 1. The zero-order valence-electron chi connectivity index (χ0n) is 8.42. The number of carbonyl (C=O) groups excluding carboxylic acids is 1. The molecule has 0 saturated heterocycles. The van der Waals surface area contributed by atoms with E-state index in [9.17, 15) is 15.0 Å². The molecule has 0 bridgehead atoms. The first-order chi connectivity index (χ1) is 4.80. The first kappa shape index (κ1) is 14.9. The normalized spacial score (nSPS) is 13.8. The van der Waals surface area contributed by atoms with Crippen molar-refractivity contribution < 1.29 is 44.6 Å². The van der Waals surface area contributed by atoms with E-state index in [2.05, 4.69) is 0 Å². The monoisotopic (exact) mass is 182 g/mol. The Balaban J connectivity index is 0. The number of aliphatic hydroxyl groups is 1. The van der Waals surface area contributed by atoms with Gasteiger partial charge in [0.1, 0.15) is 0 Å². The maximum Gasteiger partial charge on any atom is 1.00 e. The van der Waals surface area contributed by atoms with Gasteiger partial charge in [-0.05, 0) is 5.92 Å². The van der Waals surface area contributed by atoms with Crippen LogP contribution in [0.5, 0.6) is 0 Å². The van der Waals surface area contributed by atoms with Crippen molar-refractivity contribution in [2.45, 2.75) is 33.8 Å². The van der Waals surface area contributed by atoms with E-state index in [1.165, 1.54) is 13.8 Å². The molecule has 0 radical (unpaired) electrons. The average Bonchev–Trinajstić information content (AvgIpc) is 1.85. The van der Waals surface area contributed by atoms with Gasteiger partial charge in [-0.3, -0.25) is 0 Å². The summed E-state index contributed by atoms with van der Waals surface area (Å²) in [6.45, 7) is 6.48. The molecule has 0 saturated carbocycles. The third-order valence-corrected chi connectivity index (χ3v) is 1.90. The number of aliphatic hydroxyl groups excluding tert-OH is 1. The number of rotatable bonds is 3. The van der Waals surface area contributed by atoms with E-state index in [0.717, 1.165) is 0 Å². The van der Waals surface area contributed by atoms with Gasteiger partial charge in [0, 0.05) is 11.4 Å². The van der Waals surface area contributed by atoms with Gasteiger partial charge >= 0.3 is 29.6 Å².